The summed E-state index contributed by atoms with van der Waals surface area (Å²) in [6.07, 6.45) is 8.11. The number of aliphatic imine (C=N–C) groups is 1. The Bertz CT molecular complexity index is 1130. The molecule has 1 aromatic heterocycles. The van der Waals surface area contributed by atoms with Crippen molar-refractivity contribution in [1.82, 2.24) is 4.57 Å². The summed E-state index contributed by atoms with van der Waals surface area (Å²) in [5.74, 6) is 0.722. The van der Waals surface area contributed by atoms with Crippen LogP contribution in [0.3, 0.4) is 0 Å². The molecule has 0 amide bonds. The third-order valence-corrected chi connectivity index (χ3v) is 5.19. The van der Waals surface area contributed by atoms with Gasteiger partial charge in [-0.1, -0.05) is 17.7 Å². The van der Waals surface area contributed by atoms with Crippen LogP contribution in [0.25, 0.3) is 0 Å². The molecule has 1 heterocycles. The molecule has 0 aliphatic carbocycles. The highest BCUT2D eigenvalue weighted by molar-refractivity contribution is 8.13. The third kappa shape index (κ3) is 7.43. The van der Waals surface area contributed by atoms with Crippen LogP contribution in [-0.2, 0) is 6.54 Å². The second-order valence-electron chi connectivity index (χ2n) is 6.85. The lowest BCUT2D eigenvalue weighted by molar-refractivity contribution is 0.390. The summed E-state index contributed by atoms with van der Waals surface area (Å²) in [5, 5.41) is 0.950. The number of allylic oxidation sites excluding steroid dienone is 5. The Morgan fingerprint density at radius 1 is 1.25 bits per heavy atom. The molecular formula is C24H26ClFN2O3S. The van der Waals surface area contributed by atoms with Gasteiger partial charge < -0.3 is 14.0 Å². The number of hydrogen-bond donors (Lipinski definition) is 0. The highest BCUT2D eigenvalue weighted by Gasteiger charge is 2.12. The Morgan fingerprint density at radius 2 is 2.00 bits per heavy atom. The molecule has 170 valence electrons. The summed E-state index contributed by atoms with van der Waals surface area (Å²) in [6, 6.07) is 6.94. The quantitative estimate of drug-likeness (QED) is 0.235. The minimum Gasteiger partial charge on any atom is -0.491 e. The summed E-state index contributed by atoms with van der Waals surface area (Å²) in [6.45, 7) is 5.48. The largest absolute Gasteiger partial charge is 0.491 e. The van der Waals surface area contributed by atoms with E-state index >= 15 is 0 Å². The van der Waals surface area contributed by atoms with E-state index in [1.807, 2.05) is 38.3 Å². The maximum Gasteiger partial charge on any atom is 0.227 e. The molecule has 0 spiro atoms. The first-order valence-corrected chi connectivity index (χ1v) is 11.4. The Kier molecular flexibility index (Phi) is 9.81. The van der Waals surface area contributed by atoms with E-state index in [9.17, 15) is 9.18 Å². The van der Waals surface area contributed by atoms with Gasteiger partial charge in [-0.3, -0.25) is 4.79 Å². The lowest BCUT2D eigenvalue weighted by atomic mass is 10.2. The average molecular weight is 477 g/mol. The van der Waals surface area contributed by atoms with E-state index < -0.39 is 0 Å². The first-order chi connectivity index (χ1) is 15.3. The standard InChI is InChI=1S/C24H26ClFN2O3S/c1-16-12-20(27-18(3)32-5)8-9-22(16)31-24-13-21(29)23(30-4)15-28(24)14-19(10-11-25)7-6-17(2)26/h6-13,15H,14H2,1-5H3/b11-10+,17-6+,19-7+,27-18?. The van der Waals surface area contributed by atoms with E-state index in [2.05, 4.69) is 4.99 Å². The summed E-state index contributed by atoms with van der Waals surface area (Å²) in [4.78, 5) is 16.9. The van der Waals surface area contributed by atoms with Crippen molar-refractivity contribution in [2.24, 2.45) is 4.99 Å². The lowest BCUT2D eigenvalue weighted by Crippen LogP contribution is -2.13. The molecule has 0 fully saturated rings. The summed E-state index contributed by atoms with van der Waals surface area (Å²) >= 11 is 7.33. The maximum atomic E-state index is 13.2. The molecule has 8 heteroatoms. The number of aryl methyl sites for hydroxylation is 1. The number of benzene rings is 1. The number of halogens is 2. The van der Waals surface area contributed by atoms with E-state index in [-0.39, 0.29) is 23.5 Å². The van der Waals surface area contributed by atoms with Crippen LogP contribution in [0, 0.1) is 6.92 Å². The van der Waals surface area contributed by atoms with E-state index in [1.54, 1.807) is 34.7 Å². The fourth-order valence-corrected chi connectivity index (χ4v) is 3.08. The van der Waals surface area contributed by atoms with Gasteiger partial charge in [-0.2, -0.15) is 0 Å². The van der Waals surface area contributed by atoms with Crippen molar-refractivity contribution in [3.8, 4) is 17.4 Å². The van der Waals surface area contributed by atoms with E-state index in [0.29, 0.717) is 17.2 Å². The SMILES string of the molecule is COc1cn(CC(/C=C/Cl)=C/C=C(\C)F)c(Oc2ccc(N=C(C)SC)cc2C)cc1=O. The zero-order chi connectivity index (χ0) is 23.7. The molecule has 5 nitrogen and oxygen atoms in total. The Labute approximate surface area is 196 Å². The van der Waals surface area contributed by atoms with Gasteiger partial charge in [0.2, 0.25) is 11.3 Å². The van der Waals surface area contributed by atoms with Gasteiger partial charge in [-0.05, 0) is 68.5 Å². The van der Waals surface area contributed by atoms with Crippen molar-refractivity contribution >= 4 is 34.1 Å². The minimum atomic E-state index is -0.338. The van der Waals surface area contributed by atoms with Crippen LogP contribution in [-0.4, -0.2) is 23.0 Å². The molecule has 2 rings (SSSR count). The van der Waals surface area contributed by atoms with Crippen LogP contribution < -0.4 is 14.9 Å². The highest BCUT2D eigenvalue weighted by Crippen LogP contribution is 2.29. The van der Waals surface area contributed by atoms with E-state index in [0.717, 1.165) is 16.3 Å². The summed E-state index contributed by atoms with van der Waals surface area (Å²) in [5.41, 5.74) is 3.41. The number of methoxy groups -OCH3 is 1. The number of ether oxygens (including phenoxy) is 2. The van der Waals surface area contributed by atoms with Crippen molar-refractivity contribution in [1.29, 1.82) is 0 Å². The average Bonchev–Trinajstić information content (AvgIpc) is 2.75. The van der Waals surface area contributed by atoms with Crippen LogP contribution in [0.2, 0.25) is 0 Å². The number of nitrogens with zero attached hydrogens (tertiary/aromatic N) is 2. The summed E-state index contributed by atoms with van der Waals surface area (Å²) in [7, 11) is 1.42. The van der Waals surface area contributed by atoms with Gasteiger partial charge in [-0.25, -0.2) is 9.38 Å². The Hall–Kier alpha value is -2.77. The fourth-order valence-electron chi connectivity index (χ4n) is 2.72. The Morgan fingerprint density at radius 3 is 2.59 bits per heavy atom. The van der Waals surface area contributed by atoms with Crippen LogP contribution in [0.1, 0.15) is 19.4 Å². The van der Waals surface area contributed by atoms with Gasteiger partial charge in [0.15, 0.2) is 5.75 Å². The smallest absolute Gasteiger partial charge is 0.227 e. The van der Waals surface area contributed by atoms with Crippen LogP contribution in [0.5, 0.6) is 17.4 Å². The van der Waals surface area contributed by atoms with Gasteiger partial charge in [0.1, 0.15) is 5.75 Å². The predicted octanol–water partition coefficient (Wildman–Crippen LogP) is 6.92. The predicted molar refractivity (Wildman–Crippen MR) is 133 cm³/mol. The molecule has 0 aliphatic rings. The third-order valence-electron chi connectivity index (χ3n) is 4.39. The van der Waals surface area contributed by atoms with Crippen molar-refractivity contribution in [2.45, 2.75) is 27.3 Å². The van der Waals surface area contributed by atoms with Gasteiger partial charge in [0.05, 0.1) is 42.5 Å². The molecule has 0 atom stereocenters. The van der Waals surface area contributed by atoms with Crippen LogP contribution in [0.15, 0.2) is 75.4 Å². The fraction of sp³-hybridized carbons (Fsp3) is 0.250. The molecular weight excluding hydrogens is 451 g/mol. The number of hydrogen-bond acceptors (Lipinski definition) is 5. The number of pyridine rings is 1. The molecule has 0 N–H and O–H groups in total. The van der Waals surface area contributed by atoms with Gasteiger partial charge >= 0.3 is 0 Å². The molecule has 2 aromatic rings. The lowest BCUT2D eigenvalue weighted by Gasteiger charge is -2.17. The van der Waals surface area contributed by atoms with E-state index in [4.69, 9.17) is 21.1 Å². The van der Waals surface area contributed by atoms with Crippen molar-refractivity contribution in [3.05, 3.63) is 81.4 Å². The zero-order valence-corrected chi connectivity index (χ0v) is 20.3. The molecule has 0 radical (unpaired) electrons. The first-order valence-electron chi connectivity index (χ1n) is 9.73. The maximum absolute atomic E-state index is 13.2. The number of rotatable bonds is 8. The second kappa shape index (κ2) is 12.3. The molecule has 0 saturated heterocycles. The normalized spacial score (nSPS) is 13.0. The number of thioether (sulfide) groups is 1. The van der Waals surface area contributed by atoms with Gasteiger partial charge in [0, 0.05) is 5.54 Å². The topological polar surface area (TPSA) is 52.8 Å². The summed E-state index contributed by atoms with van der Waals surface area (Å²) < 4.78 is 26.2. The van der Waals surface area contributed by atoms with Crippen LogP contribution >= 0.6 is 23.4 Å². The molecule has 0 bridgehead atoms. The minimum absolute atomic E-state index is 0.165. The van der Waals surface area contributed by atoms with Crippen molar-refractivity contribution < 1.29 is 13.9 Å². The van der Waals surface area contributed by atoms with Crippen molar-refractivity contribution in [3.63, 3.8) is 0 Å². The number of aromatic nitrogens is 1. The van der Waals surface area contributed by atoms with Gasteiger partial charge in [0.25, 0.3) is 0 Å². The Balaban J connectivity index is 2.47. The highest BCUT2D eigenvalue weighted by atomic mass is 35.5. The van der Waals surface area contributed by atoms with Crippen molar-refractivity contribution in [2.75, 3.05) is 13.4 Å². The molecule has 32 heavy (non-hydrogen) atoms. The second-order valence-corrected chi connectivity index (χ2v) is 8.10. The molecule has 0 aliphatic heterocycles. The van der Waals surface area contributed by atoms with Gasteiger partial charge in [-0.15, -0.1) is 11.8 Å². The monoisotopic (exact) mass is 476 g/mol. The molecule has 1 aromatic carbocycles. The molecule has 0 unspecified atom stereocenters. The molecule has 0 saturated carbocycles. The van der Waals surface area contributed by atoms with Crippen LogP contribution in [0.4, 0.5) is 10.1 Å². The first kappa shape index (κ1) is 25.5. The zero-order valence-electron chi connectivity index (χ0n) is 18.7. The van der Waals surface area contributed by atoms with E-state index in [1.165, 1.54) is 31.7 Å².